The van der Waals surface area contributed by atoms with Crippen LogP contribution in [0, 0.1) is 6.92 Å². The van der Waals surface area contributed by atoms with Gasteiger partial charge >= 0.3 is 0 Å². The molecule has 144 valence electrons. The minimum Gasteiger partial charge on any atom is -0.369 e. The van der Waals surface area contributed by atoms with Crippen molar-refractivity contribution in [1.82, 2.24) is 10.3 Å². The number of primary amides is 1. The third-order valence-corrected chi connectivity index (χ3v) is 7.08. The predicted molar refractivity (Wildman–Crippen MR) is 110 cm³/mol. The van der Waals surface area contributed by atoms with Crippen molar-refractivity contribution >= 4 is 34.9 Å². The van der Waals surface area contributed by atoms with Crippen molar-refractivity contribution in [3.63, 3.8) is 0 Å². The monoisotopic (exact) mass is 403 g/mol. The lowest BCUT2D eigenvalue weighted by molar-refractivity contribution is -0.119. The van der Waals surface area contributed by atoms with Crippen LogP contribution in [0.1, 0.15) is 53.1 Å². The molecule has 0 saturated carbocycles. The Morgan fingerprint density at radius 1 is 1.30 bits per heavy atom. The number of carbonyl (C=O) groups is 2. The number of aromatic nitrogens is 1. The van der Waals surface area contributed by atoms with E-state index < -0.39 is 0 Å². The van der Waals surface area contributed by atoms with Crippen molar-refractivity contribution < 1.29 is 9.59 Å². The molecule has 27 heavy (non-hydrogen) atoms. The van der Waals surface area contributed by atoms with Crippen LogP contribution < -0.4 is 11.1 Å². The number of carbonyl (C=O) groups excluding carboxylic acids is 2. The number of thioether (sulfide) groups is 1. The predicted octanol–water partition coefficient (Wildman–Crippen LogP) is 3.33. The van der Waals surface area contributed by atoms with Crippen molar-refractivity contribution in [2.24, 2.45) is 5.73 Å². The Morgan fingerprint density at radius 3 is 2.78 bits per heavy atom. The molecule has 3 N–H and O–H groups in total. The molecule has 5 nitrogen and oxygen atoms in total. The van der Waals surface area contributed by atoms with Crippen LogP contribution in [0.3, 0.4) is 0 Å². The first-order chi connectivity index (χ1) is 12.9. The second-order valence-electron chi connectivity index (χ2n) is 6.94. The number of nitrogens with one attached hydrogen (secondary N) is 1. The molecular weight excluding hydrogens is 378 g/mol. The molecule has 1 aliphatic rings. The van der Waals surface area contributed by atoms with E-state index in [2.05, 4.69) is 28.5 Å². The molecule has 3 rings (SSSR count). The van der Waals surface area contributed by atoms with Gasteiger partial charge in [-0.05, 0) is 56.2 Å². The third kappa shape index (κ3) is 5.32. The van der Waals surface area contributed by atoms with E-state index in [0.29, 0.717) is 5.75 Å². The summed E-state index contributed by atoms with van der Waals surface area (Å²) < 4.78 is 0.792. The van der Waals surface area contributed by atoms with Crippen LogP contribution in [0.2, 0.25) is 0 Å². The molecule has 2 amide bonds. The van der Waals surface area contributed by atoms with Gasteiger partial charge in [-0.2, -0.15) is 0 Å². The fourth-order valence-corrected chi connectivity index (χ4v) is 5.36. The van der Waals surface area contributed by atoms with E-state index in [-0.39, 0.29) is 24.3 Å². The van der Waals surface area contributed by atoms with Gasteiger partial charge in [-0.3, -0.25) is 9.59 Å². The molecule has 1 aliphatic carbocycles. The van der Waals surface area contributed by atoms with Crippen LogP contribution in [-0.4, -0.2) is 22.6 Å². The highest BCUT2D eigenvalue weighted by atomic mass is 32.2. The first kappa shape index (κ1) is 19.9. The lowest BCUT2D eigenvalue weighted by Gasteiger charge is -2.20. The van der Waals surface area contributed by atoms with E-state index in [4.69, 9.17) is 5.73 Å². The van der Waals surface area contributed by atoms with E-state index in [1.54, 1.807) is 0 Å². The SMILES string of the molecule is Cc1nc(SCC(=O)NC(C)c2ccc3c(c2)CCCC3)sc1CC(N)=O. The molecule has 0 bridgehead atoms. The minimum absolute atomic E-state index is 0.0190. The third-order valence-electron chi connectivity index (χ3n) is 4.78. The number of amides is 2. The van der Waals surface area contributed by atoms with Crippen LogP contribution in [-0.2, 0) is 28.9 Å². The average Bonchev–Trinajstić information content (AvgIpc) is 2.98. The zero-order valence-electron chi connectivity index (χ0n) is 15.7. The van der Waals surface area contributed by atoms with Gasteiger partial charge in [0.2, 0.25) is 11.8 Å². The first-order valence-corrected chi connectivity index (χ1v) is 11.0. The normalized spacial score (nSPS) is 14.4. The first-order valence-electron chi connectivity index (χ1n) is 9.21. The fourth-order valence-electron chi connectivity index (χ4n) is 3.30. The highest BCUT2D eigenvalue weighted by molar-refractivity contribution is 8.01. The summed E-state index contributed by atoms with van der Waals surface area (Å²) in [4.78, 5) is 28.7. The quantitative estimate of drug-likeness (QED) is 0.695. The van der Waals surface area contributed by atoms with E-state index in [1.165, 1.54) is 47.1 Å². The molecule has 0 radical (unpaired) electrons. The van der Waals surface area contributed by atoms with Gasteiger partial charge in [-0.25, -0.2) is 4.98 Å². The molecular formula is C20H25N3O2S2. The maximum absolute atomic E-state index is 12.3. The number of fused-ring (bicyclic) bond motifs is 1. The summed E-state index contributed by atoms with van der Waals surface area (Å²) in [5, 5.41) is 3.07. The minimum atomic E-state index is -0.366. The topological polar surface area (TPSA) is 85.1 Å². The van der Waals surface area contributed by atoms with Gasteiger partial charge in [-0.1, -0.05) is 30.0 Å². The molecule has 0 fully saturated rings. The number of nitrogens with zero attached hydrogens (tertiary/aromatic N) is 1. The van der Waals surface area contributed by atoms with Crippen LogP contribution in [0.4, 0.5) is 0 Å². The highest BCUT2D eigenvalue weighted by Crippen LogP contribution is 2.28. The second-order valence-corrected chi connectivity index (χ2v) is 9.25. The standard InChI is InChI=1S/C20H25N3O2S2/c1-12(15-8-7-14-5-3-4-6-16(14)9-15)22-19(25)11-26-20-23-13(2)17(27-20)10-18(21)24/h7-9,12H,3-6,10-11H2,1-2H3,(H2,21,24)(H,22,25). The van der Waals surface area contributed by atoms with Crippen molar-refractivity contribution in [2.45, 2.75) is 56.3 Å². The second kappa shape index (κ2) is 8.89. The maximum Gasteiger partial charge on any atom is 0.230 e. The zero-order chi connectivity index (χ0) is 19.4. The Kier molecular flexibility index (Phi) is 6.55. The number of hydrogen-bond donors (Lipinski definition) is 2. The average molecular weight is 404 g/mol. The van der Waals surface area contributed by atoms with Crippen LogP contribution in [0.15, 0.2) is 22.5 Å². The van der Waals surface area contributed by atoms with Gasteiger partial charge in [0.1, 0.15) is 0 Å². The summed E-state index contributed by atoms with van der Waals surface area (Å²) in [6, 6.07) is 6.56. The summed E-state index contributed by atoms with van der Waals surface area (Å²) in [6.07, 6.45) is 5.02. The summed E-state index contributed by atoms with van der Waals surface area (Å²) in [5.74, 6) is -0.0810. The van der Waals surface area contributed by atoms with Crippen LogP contribution >= 0.6 is 23.1 Å². The van der Waals surface area contributed by atoms with Gasteiger partial charge in [0.05, 0.1) is 23.9 Å². The van der Waals surface area contributed by atoms with Gasteiger partial charge in [0.15, 0.2) is 4.34 Å². The molecule has 7 heteroatoms. The van der Waals surface area contributed by atoms with E-state index in [9.17, 15) is 9.59 Å². The Balaban J connectivity index is 1.54. The van der Waals surface area contributed by atoms with E-state index in [1.807, 2.05) is 13.8 Å². The molecule has 1 aromatic carbocycles. The Labute approximate surface area is 168 Å². The molecule has 1 unspecified atom stereocenters. The van der Waals surface area contributed by atoms with Crippen molar-refractivity contribution in [1.29, 1.82) is 0 Å². The van der Waals surface area contributed by atoms with E-state index >= 15 is 0 Å². The summed E-state index contributed by atoms with van der Waals surface area (Å²) in [6.45, 7) is 3.88. The molecule has 0 aliphatic heterocycles. The van der Waals surface area contributed by atoms with E-state index in [0.717, 1.165) is 33.3 Å². The summed E-state index contributed by atoms with van der Waals surface area (Å²) in [7, 11) is 0. The van der Waals surface area contributed by atoms with Gasteiger partial charge in [0.25, 0.3) is 0 Å². The zero-order valence-corrected chi connectivity index (χ0v) is 17.3. The molecule has 0 spiro atoms. The number of aryl methyl sites for hydroxylation is 3. The van der Waals surface area contributed by atoms with Crippen molar-refractivity contribution in [3.8, 4) is 0 Å². The molecule has 1 aromatic heterocycles. The summed E-state index contributed by atoms with van der Waals surface area (Å²) in [5.41, 5.74) is 10.1. The van der Waals surface area contributed by atoms with Crippen molar-refractivity contribution in [3.05, 3.63) is 45.5 Å². The lowest BCUT2D eigenvalue weighted by Crippen LogP contribution is -2.28. The molecule has 1 heterocycles. The number of benzene rings is 1. The van der Waals surface area contributed by atoms with Gasteiger partial charge in [-0.15, -0.1) is 11.3 Å². The Morgan fingerprint density at radius 2 is 2.04 bits per heavy atom. The summed E-state index contributed by atoms with van der Waals surface area (Å²) >= 11 is 2.83. The van der Waals surface area contributed by atoms with Crippen molar-refractivity contribution in [2.75, 3.05) is 5.75 Å². The Bertz CT molecular complexity index is 848. The highest BCUT2D eigenvalue weighted by Gasteiger charge is 2.16. The van der Waals surface area contributed by atoms with Gasteiger partial charge in [0, 0.05) is 4.88 Å². The maximum atomic E-state index is 12.3. The number of thiazole rings is 1. The lowest BCUT2D eigenvalue weighted by atomic mass is 9.89. The largest absolute Gasteiger partial charge is 0.369 e. The van der Waals surface area contributed by atoms with Crippen LogP contribution in [0.5, 0.6) is 0 Å². The molecule has 2 aromatic rings. The van der Waals surface area contributed by atoms with Gasteiger partial charge < -0.3 is 11.1 Å². The molecule has 0 saturated heterocycles. The molecule has 1 atom stereocenters. The number of nitrogens with two attached hydrogens (primary N) is 1. The smallest absolute Gasteiger partial charge is 0.230 e. The van der Waals surface area contributed by atoms with Crippen LogP contribution in [0.25, 0.3) is 0 Å². The fraction of sp³-hybridized carbons (Fsp3) is 0.450. The number of rotatable bonds is 7. The number of hydrogen-bond acceptors (Lipinski definition) is 5. The Hall–Kier alpha value is -1.86.